The molecule has 1 N–H and O–H groups in total. The average Bonchev–Trinajstić information content (AvgIpc) is 2.92. The highest BCUT2D eigenvalue weighted by Gasteiger charge is 2.30. The molecular formula is C31H32ClNO5S. The third-order valence-corrected chi connectivity index (χ3v) is 8.64. The molecule has 1 saturated heterocycles. The van der Waals surface area contributed by atoms with Crippen molar-refractivity contribution in [2.75, 3.05) is 32.5 Å². The van der Waals surface area contributed by atoms with Crippen LogP contribution >= 0.6 is 12.4 Å². The van der Waals surface area contributed by atoms with Gasteiger partial charge in [0.15, 0.2) is 15.9 Å². The van der Waals surface area contributed by atoms with Gasteiger partial charge in [-0.3, -0.25) is 4.90 Å². The smallest absolute Gasteiger partial charge is 0.175 e. The van der Waals surface area contributed by atoms with Gasteiger partial charge in [0.2, 0.25) is 0 Å². The second-order valence-corrected chi connectivity index (χ2v) is 12.2. The number of benzene rings is 4. The highest BCUT2D eigenvalue weighted by atomic mass is 35.5. The van der Waals surface area contributed by atoms with Crippen molar-refractivity contribution in [2.24, 2.45) is 0 Å². The Morgan fingerprint density at radius 3 is 2.44 bits per heavy atom. The van der Waals surface area contributed by atoms with Crippen LogP contribution in [0.25, 0.3) is 21.9 Å². The zero-order valence-corrected chi connectivity index (χ0v) is 23.4. The summed E-state index contributed by atoms with van der Waals surface area (Å²) >= 11 is 0. The summed E-state index contributed by atoms with van der Waals surface area (Å²) in [5.74, 6) is 1.65. The fraction of sp³-hybridized carbons (Fsp3) is 0.290. The van der Waals surface area contributed by atoms with Crippen molar-refractivity contribution in [1.82, 2.24) is 4.90 Å². The molecule has 39 heavy (non-hydrogen) atoms. The molecule has 204 valence electrons. The van der Waals surface area contributed by atoms with E-state index < -0.39 is 15.9 Å². The zero-order chi connectivity index (χ0) is 26.3. The fourth-order valence-electron chi connectivity index (χ4n) is 5.55. The number of likely N-dealkylation sites (tertiary alicyclic amines) is 1. The number of nitrogens with zero attached hydrogens (tertiary/aromatic N) is 1. The summed E-state index contributed by atoms with van der Waals surface area (Å²) in [7, 11) is -3.38. The lowest BCUT2D eigenvalue weighted by Crippen LogP contribution is -2.33. The summed E-state index contributed by atoms with van der Waals surface area (Å²) in [6.07, 6.45) is 4.67. The molecule has 2 aliphatic heterocycles. The number of fused-ring (bicyclic) bond motifs is 5. The lowest BCUT2D eigenvalue weighted by Gasteiger charge is -2.31. The van der Waals surface area contributed by atoms with Crippen molar-refractivity contribution >= 4 is 33.0 Å². The van der Waals surface area contributed by atoms with Crippen molar-refractivity contribution in [3.05, 3.63) is 83.9 Å². The van der Waals surface area contributed by atoms with E-state index in [-0.39, 0.29) is 23.1 Å². The number of piperidine rings is 1. The SMILES string of the molecule is CS(=O)(=O)c1ccc2c(c1)-c1ccc3cc(O)ccc3c1C(c1ccc(OCCN3CCCCC3)cc1)O2.Cl. The number of ether oxygens (including phenoxy) is 2. The van der Waals surface area contributed by atoms with Gasteiger partial charge < -0.3 is 14.6 Å². The van der Waals surface area contributed by atoms with Crippen LogP contribution in [0.4, 0.5) is 0 Å². The molecule has 1 unspecified atom stereocenters. The number of hydrogen-bond acceptors (Lipinski definition) is 6. The van der Waals surface area contributed by atoms with Gasteiger partial charge >= 0.3 is 0 Å². The van der Waals surface area contributed by atoms with E-state index in [1.165, 1.54) is 25.5 Å². The maximum absolute atomic E-state index is 12.3. The maximum Gasteiger partial charge on any atom is 0.175 e. The number of halogens is 1. The second kappa shape index (κ2) is 11.1. The van der Waals surface area contributed by atoms with Crippen LogP contribution in [0.1, 0.15) is 36.5 Å². The number of sulfone groups is 1. The zero-order valence-electron chi connectivity index (χ0n) is 21.8. The lowest BCUT2D eigenvalue weighted by atomic mass is 9.86. The minimum absolute atomic E-state index is 0. The molecule has 0 amide bonds. The van der Waals surface area contributed by atoms with E-state index in [9.17, 15) is 13.5 Å². The first-order valence-electron chi connectivity index (χ1n) is 13.1. The minimum Gasteiger partial charge on any atom is -0.508 e. The summed E-state index contributed by atoms with van der Waals surface area (Å²) in [6, 6.07) is 22.3. The van der Waals surface area contributed by atoms with Crippen LogP contribution in [0.2, 0.25) is 0 Å². The van der Waals surface area contributed by atoms with Gasteiger partial charge in [-0.2, -0.15) is 0 Å². The van der Waals surface area contributed by atoms with Crippen molar-refractivity contribution in [3.8, 4) is 28.4 Å². The van der Waals surface area contributed by atoms with Gasteiger partial charge in [-0.15, -0.1) is 12.4 Å². The van der Waals surface area contributed by atoms with Crippen LogP contribution in [0, 0.1) is 0 Å². The molecule has 2 heterocycles. The molecule has 1 fully saturated rings. The molecule has 0 aliphatic carbocycles. The van der Waals surface area contributed by atoms with E-state index in [0.717, 1.165) is 58.4 Å². The summed E-state index contributed by atoms with van der Waals surface area (Å²) < 4.78 is 37.1. The van der Waals surface area contributed by atoms with Crippen molar-refractivity contribution in [2.45, 2.75) is 30.3 Å². The van der Waals surface area contributed by atoms with E-state index in [4.69, 9.17) is 9.47 Å². The molecule has 2 aliphatic rings. The second-order valence-electron chi connectivity index (χ2n) is 10.2. The topological polar surface area (TPSA) is 76.1 Å². The quantitative estimate of drug-likeness (QED) is 0.292. The predicted molar refractivity (Wildman–Crippen MR) is 156 cm³/mol. The fourth-order valence-corrected chi connectivity index (χ4v) is 6.19. The number of hydrogen-bond donors (Lipinski definition) is 1. The Labute approximate surface area is 235 Å². The molecule has 6 rings (SSSR count). The third kappa shape index (κ3) is 5.57. The molecule has 0 saturated carbocycles. The number of aromatic hydroxyl groups is 1. The molecule has 0 radical (unpaired) electrons. The largest absolute Gasteiger partial charge is 0.508 e. The van der Waals surface area contributed by atoms with E-state index in [1.54, 1.807) is 30.3 Å². The molecule has 0 spiro atoms. The van der Waals surface area contributed by atoms with Gasteiger partial charge in [0.05, 0.1) is 4.90 Å². The van der Waals surface area contributed by atoms with Crippen LogP contribution in [-0.4, -0.2) is 50.9 Å². The number of phenolic OH excluding ortho intramolecular Hbond substituents is 1. The highest BCUT2D eigenvalue weighted by Crippen LogP contribution is 2.48. The summed E-state index contributed by atoms with van der Waals surface area (Å²) in [5, 5.41) is 11.9. The van der Waals surface area contributed by atoms with Gasteiger partial charge in [0.1, 0.15) is 23.9 Å². The molecule has 8 heteroatoms. The Kier molecular flexibility index (Phi) is 7.76. The molecule has 1 atom stereocenters. The van der Waals surface area contributed by atoms with E-state index in [1.807, 2.05) is 42.5 Å². The monoisotopic (exact) mass is 565 g/mol. The Balaban J connectivity index is 0.00000308. The van der Waals surface area contributed by atoms with Crippen molar-refractivity contribution < 1.29 is 23.0 Å². The predicted octanol–water partition coefficient (Wildman–Crippen LogP) is 6.38. The molecule has 4 aromatic carbocycles. The molecule has 0 aromatic heterocycles. The van der Waals surface area contributed by atoms with Crippen molar-refractivity contribution in [1.29, 1.82) is 0 Å². The lowest BCUT2D eigenvalue weighted by molar-refractivity contribution is 0.183. The van der Waals surface area contributed by atoms with Gasteiger partial charge in [-0.05, 0) is 90.3 Å². The summed E-state index contributed by atoms with van der Waals surface area (Å²) in [5.41, 5.74) is 3.57. The molecule has 4 aromatic rings. The first-order chi connectivity index (χ1) is 18.4. The van der Waals surface area contributed by atoms with Gasteiger partial charge in [0, 0.05) is 23.9 Å². The Bertz CT molecular complexity index is 1600. The normalized spacial score (nSPS) is 17.0. The molecule has 0 bridgehead atoms. The maximum atomic E-state index is 12.3. The van der Waals surface area contributed by atoms with Crippen LogP contribution in [0.5, 0.6) is 17.2 Å². The summed E-state index contributed by atoms with van der Waals surface area (Å²) in [6.45, 7) is 3.90. The van der Waals surface area contributed by atoms with Gasteiger partial charge in [0.25, 0.3) is 0 Å². The minimum atomic E-state index is -3.38. The summed E-state index contributed by atoms with van der Waals surface area (Å²) in [4.78, 5) is 2.71. The Morgan fingerprint density at radius 2 is 1.69 bits per heavy atom. The third-order valence-electron chi connectivity index (χ3n) is 7.53. The van der Waals surface area contributed by atoms with E-state index in [2.05, 4.69) is 4.90 Å². The Hall–Kier alpha value is -3.26. The number of rotatable bonds is 6. The Morgan fingerprint density at radius 1 is 0.923 bits per heavy atom. The van der Waals surface area contributed by atoms with Gasteiger partial charge in [-0.1, -0.05) is 36.8 Å². The van der Waals surface area contributed by atoms with E-state index in [0.29, 0.717) is 12.4 Å². The van der Waals surface area contributed by atoms with Crippen LogP contribution in [0.3, 0.4) is 0 Å². The van der Waals surface area contributed by atoms with Crippen LogP contribution in [-0.2, 0) is 9.84 Å². The molecule has 6 nitrogen and oxygen atoms in total. The average molecular weight is 566 g/mol. The molecular weight excluding hydrogens is 534 g/mol. The first kappa shape index (κ1) is 27.3. The van der Waals surface area contributed by atoms with Gasteiger partial charge in [-0.25, -0.2) is 8.42 Å². The van der Waals surface area contributed by atoms with Crippen molar-refractivity contribution in [3.63, 3.8) is 0 Å². The van der Waals surface area contributed by atoms with Crippen LogP contribution < -0.4 is 9.47 Å². The highest BCUT2D eigenvalue weighted by molar-refractivity contribution is 7.90. The first-order valence-corrected chi connectivity index (χ1v) is 15.0. The number of phenols is 1. The van der Waals surface area contributed by atoms with Crippen LogP contribution in [0.15, 0.2) is 77.7 Å². The standard InChI is InChI=1S/C31H31NO5S.ClH/c1-38(34,35)25-11-14-29-28(20-25)27-12-7-22-19-23(33)8-13-26(22)30(27)31(37-29)21-5-9-24(10-6-21)36-18-17-32-15-3-2-4-16-32;/h5-14,19-20,31,33H,2-4,15-18H2,1H3;1H. The van der Waals surface area contributed by atoms with E-state index >= 15 is 0 Å².